The van der Waals surface area contributed by atoms with Crippen LogP contribution >= 0.6 is 0 Å². The van der Waals surface area contributed by atoms with Gasteiger partial charge < -0.3 is 0 Å². The van der Waals surface area contributed by atoms with Crippen molar-refractivity contribution in [3.05, 3.63) is 328 Å². The van der Waals surface area contributed by atoms with E-state index in [2.05, 4.69) is 262 Å². The molecule has 0 spiro atoms. The lowest BCUT2D eigenvalue weighted by Gasteiger charge is -2.10. The highest BCUT2D eigenvalue weighted by Gasteiger charge is 2.15. The van der Waals surface area contributed by atoms with Gasteiger partial charge in [-0.15, -0.1) is 0 Å². The van der Waals surface area contributed by atoms with Crippen LogP contribution in [-0.4, -0.2) is 49.8 Å². The first-order valence-corrected chi connectivity index (χ1v) is 33.3. The molecule has 0 saturated carbocycles. The smallest absolute Gasteiger partial charge is 0.0972 e. The van der Waals surface area contributed by atoms with Crippen LogP contribution in [0.4, 0.5) is 0 Å². The Balaban J connectivity index is 0.000000139. The van der Waals surface area contributed by atoms with Crippen LogP contribution in [0, 0.1) is 0 Å². The highest BCUT2D eigenvalue weighted by molar-refractivity contribution is 6.09. The van der Waals surface area contributed by atoms with Crippen molar-refractivity contribution in [2.45, 2.75) is 0 Å². The Bertz CT molecular complexity index is 6620. The number of rotatable bonds is 8. The van der Waals surface area contributed by atoms with Crippen molar-refractivity contribution in [2.75, 3.05) is 0 Å². The lowest BCUT2D eigenvalue weighted by molar-refractivity contribution is 1.36. The maximum Gasteiger partial charge on any atom is 0.0972 e. The Morgan fingerprint density at radius 3 is 1.08 bits per heavy atom. The molecule has 20 rings (SSSR count). The van der Waals surface area contributed by atoms with Gasteiger partial charge in [0.2, 0.25) is 0 Å². The van der Waals surface area contributed by atoms with Gasteiger partial charge in [0, 0.05) is 113 Å². The molecule has 10 heterocycles. The van der Waals surface area contributed by atoms with E-state index < -0.39 is 0 Å². The monoisotopic (exact) mass is 1270 g/mol. The summed E-state index contributed by atoms with van der Waals surface area (Å²) < 4.78 is 0. The number of pyridine rings is 10. The summed E-state index contributed by atoms with van der Waals surface area (Å²) in [5.74, 6) is 0. The van der Waals surface area contributed by atoms with E-state index in [1.165, 1.54) is 0 Å². The van der Waals surface area contributed by atoms with Gasteiger partial charge in [-0.2, -0.15) is 0 Å². The van der Waals surface area contributed by atoms with E-state index in [1.807, 2.05) is 91.6 Å². The third-order valence-corrected chi connectivity index (χ3v) is 19.2. The van der Waals surface area contributed by atoms with Crippen molar-refractivity contribution in [3.8, 4) is 89.7 Å². The van der Waals surface area contributed by atoms with Crippen LogP contribution in [0.25, 0.3) is 199 Å². The van der Waals surface area contributed by atoms with Crippen LogP contribution in [0.5, 0.6) is 0 Å². The van der Waals surface area contributed by atoms with Gasteiger partial charge in [-0.1, -0.05) is 188 Å². The summed E-state index contributed by atoms with van der Waals surface area (Å²) in [5.41, 5.74) is 26.3. The Hall–Kier alpha value is -13.7. The first kappa shape index (κ1) is 57.7. The van der Waals surface area contributed by atoms with Gasteiger partial charge in [0.1, 0.15) is 0 Å². The number of benzene rings is 10. The standard InChI is InChI=1S/2C45H27N5/c1-2-6-41-36(5-1)37(23-25-46-41)42-22-15-30-11-14-34(27-43(30)49-42)33-17-20-40-35(26-33)18-21-38(48-40)28-7-9-29(10-8-28)39-19-16-32-13-12-31-4-3-24-47-44(31)45(32)50-39;1-2-6-41-36(5-1)37(22-24-46-41)42-20-14-30-11-12-33(27-43(30)50-42)32-15-18-40-34(26-32)16-19-39(49-40)29-9-7-28(8-10-29)35-21-25-48-45-38(35)17-13-31-4-3-23-47-44(31)45/h2*1-27H. The van der Waals surface area contributed by atoms with Crippen molar-refractivity contribution >= 4 is 109 Å². The van der Waals surface area contributed by atoms with E-state index in [0.29, 0.717) is 0 Å². The lowest BCUT2D eigenvalue weighted by atomic mass is 9.98. The number of nitrogens with zero attached hydrogens (tertiary/aromatic N) is 10. The molecule has 0 aliphatic carbocycles. The molecule has 0 radical (unpaired) electrons. The summed E-state index contributed by atoms with van der Waals surface area (Å²) in [6, 6.07) is 103. The maximum atomic E-state index is 5.10. The highest BCUT2D eigenvalue weighted by atomic mass is 14.8. The minimum Gasteiger partial charge on any atom is -0.256 e. The molecule has 0 bridgehead atoms. The van der Waals surface area contributed by atoms with Crippen molar-refractivity contribution in [3.63, 3.8) is 0 Å². The van der Waals surface area contributed by atoms with E-state index >= 15 is 0 Å². The zero-order chi connectivity index (χ0) is 66.0. The van der Waals surface area contributed by atoms with Crippen LogP contribution < -0.4 is 0 Å². The highest BCUT2D eigenvalue weighted by Crippen LogP contribution is 2.37. The molecule has 20 aromatic rings. The van der Waals surface area contributed by atoms with E-state index in [-0.39, 0.29) is 0 Å². The number of fused-ring (bicyclic) bond motifs is 12. The SMILES string of the molecule is c1cnc2c(c1)ccc1c(-c3ccc(-c4ccc5cc(-c6ccc7ccc(-c8ccnc9ccccc89)nc7c6)ccc5n4)cc3)ccnc12.c1cnc2c(c1)ccc1ccc(-c3ccc(-c4ccc5cc(-c6ccc7ccc(-c8ccnc9ccccc89)nc7c6)ccc5n4)cc3)nc12. The molecule has 0 saturated heterocycles. The molecule has 100 heavy (non-hydrogen) atoms. The Morgan fingerprint density at radius 1 is 0.160 bits per heavy atom. The third-order valence-electron chi connectivity index (χ3n) is 19.2. The summed E-state index contributed by atoms with van der Waals surface area (Å²) in [6.45, 7) is 0. The molecular weight excluding hydrogens is 1220 g/mol. The van der Waals surface area contributed by atoms with Crippen molar-refractivity contribution in [1.82, 2.24) is 49.8 Å². The normalized spacial score (nSPS) is 11.6. The van der Waals surface area contributed by atoms with Gasteiger partial charge in [0.15, 0.2) is 0 Å². The van der Waals surface area contributed by atoms with E-state index in [0.717, 1.165) is 199 Å². The fraction of sp³-hybridized carbons (Fsp3) is 0. The van der Waals surface area contributed by atoms with Crippen LogP contribution in [0.2, 0.25) is 0 Å². The minimum atomic E-state index is 0.920. The summed E-state index contributed by atoms with van der Waals surface area (Å²) in [6.07, 6.45) is 9.23. The van der Waals surface area contributed by atoms with E-state index in [1.54, 1.807) is 0 Å². The number of hydrogen-bond acceptors (Lipinski definition) is 10. The van der Waals surface area contributed by atoms with Crippen LogP contribution in [0.1, 0.15) is 0 Å². The first-order valence-electron chi connectivity index (χ1n) is 33.3. The predicted octanol–water partition coefficient (Wildman–Crippen LogP) is 22.2. The fourth-order valence-electron chi connectivity index (χ4n) is 14.0. The molecule has 464 valence electrons. The fourth-order valence-corrected chi connectivity index (χ4v) is 14.0. The molecule has 0 amide bonds. The molecular formula is C90H54N10. The van der Waals surface area contributed by atoms with Crippen LogP contribution in [-0.2, 0) is 0 Å². The molecule has 0 fully saturated rings. The molecule has 10 heteroatoms. The first-order chi connectivity index (χ1) is 49.5. The quantitative estimate of drug-likeness (QED) is 0.136. The Labute approximate surface area is 573 Å². The summed E-state index contributed by atoms with van der Waals surface area (Å²) in [7, 11) is 0. The average molecular weight is 1280 g/mol. The van der Waals surface area contributed by atoms with Crippen molar-refractivity contribution in [2.24, 2.45) is 0 Å². The molecule has 0 atom stereocenters. The molecule has 0 unspecified atom stereocenters. The lowest BCUT2D eigenvalue weighted by Crippen LogP contribution is -1.90. The Kier molecular flexibility index (Phi) is 14.0. The molecule has 0 aliphatic heterocycles. The summed E-state index contributed by atoms with van der Waals surface area (Å²) in [4.78, 5) is 48.2. The zero-order valence-electron chi connectivity index (χ0n) is 53.6. The predicted molar refractivity (Wildman–Crippen MR) is 409 cm³/mol. The van der Waals surface area contributed by atoms with Gasteiger partial charge in [0.25, 0.3) is 0 Å². The summed E-state index contributed by atoms with van der Waals surface area (Å²) in [5, 5.41) is 11.0. The largest absolute Gasteiger partial charge is 0.256 e. The Morgan fingerprint density at radius 2 is 0.530 bits per heavy atom. The molecule has 10 aromatic carbocycles. The van der Waals surface area contributed by atoms with Gasteiger partial charge in [-0.25, -0.2) is 24.9 Å². The average Bonchev–Trinajstić information content (AvgIpc) is 0.875. The second kappa shape index (κ2) is 24.2. The zero-order valence-corrected chi connectivity index (χ0v) is 53.6. The van der Waals surface area contributed by atoms with Crippen LogP contribution in [0.15, 0.2) is 328 Å². The number of aromatic nitrogens is 10. The second-order valence-corrected chi connectivity index (χ2v) is 25.1. The minimum absolute atomic E-state index is 0.920. The molecule has 10 nitrogen and oxygen atoms in total. The van der Waals surface area contributed by atoms with E-state index in [4.69, 9.17) is 24.9 Å². The molecule has 10 aromatic heterocycles. The second-order valence-electron chi connectivity index (χ2n) is 25.1. The van der Waals surface area contributed by atoms with Gasteiger partial charge in [0.05, 0.1) is 83.6 Å². The number of hydrogen-bond donors (Lipinski definition) is 0. The maximum absolute atomic E-state index is 5.10. The topological polar surface area (TPSA) is 129 Å². The molecule has 0 aliphatic rings. The third kappa shape index (κ3) is 10.6. The van der Waals surface area contributed by atoms with Crippen molar-refractivity contribution in [1.29, 1.82) is 0 Å². The summed E-state index contributed by atoms with van der Waals surface area (Å²) >= 11 is 0. The van der Waals surface area contributed by atoms with E-state index in [9.17, 15) is 0 Å². The van der Waals surface area contributed by atoms with Crippen molar-refractivity contribution < 1.29 is 0 Å². The van der Waals surface area contributed by atoms with Gasteiger partial charge in [-0.05, 0) is 143 Å². The van der Waals surface area contributed by atoms with Gasteiger partial charge >= 0.3 is 0 Å². The molecule has 0 N–H and O–H groups in total. The number of para-hydroxylation sites is 2. The van der Waals surface area contributed by atoms with Crippen LogP contribution in [0.3, 0.4) is 0 Å². The van der Waals surface area contributed by atoms with Gasteiger partial charge in [-0.3, -0.25) is 24.9 Å².